The number of carbonyl (C=O) groups is 2. The van der Waals surface area contributed by atoms with Gasteiger partial charge in [0.2, 0.25) is 0 Å². The van der Waals surface area contributed by atoms with Crippen LogP contribution in [0, 0.1) is 0 Å². The number of anilines is 1. The van der Waals surface area contributed by atoms with E-state index in [4.69, 9.17) is 5.11 Å². The third-order valence-corrected chi connectivity index (χ3v) is 1.83. The zero-order valence-electron chi connectivity index (χ0n) is 9.73. The quantitative estimate of drug-likeness (QED) is 0.734. The van der Waals surface area contributed by atoms with E-state index >= 15 is 0 Å². The number of carboxylic acids is 1. The number of carbonyl (C=O) groups excluding carboxylic acids is 1. The molecular weight excluding hydrogens is 222 g/mol. The molecule has 92 valence electrons. The lowest BCUT2D eigenvalue weighted by molar-refractivity contribution is -0.136. The Hall–Kier alpha value is -2.11. The first-order valence-electron chi connectivity index (χ1n) is 5.21. The van der Waals surface area contributed by atoms with E-state index < -0.39 is 5.97 Å². The highest BCUT2D eigenvalue weighted by Crippen LogP contribution is 2.06. The number of nitrogens with zero attached hydrogens (tertiary/aromatic N) is 1. The Labute approximate surface area is 99.1 Å². The molecule has 0 radical (unpaired) electrons. The molecule has 0 bridgehead atoms. The van der Waals surface area contributed by atoms with Gasteiger partial charge in [-0.2, -0.15) is 0 Å². The van der Waals surface area contributed by atoms with Gasteiger partial charge < -0.3 is 15.7 Å². The van der Waals surface area contributed by atoms with Gasteiger partial charge in [-0.3, -0.25) is 9.78 Å². The van der Waals surface area contributed by atoms with Crippen molar-refractivity contribution < 1.29 is 14.7 Å². The van der Waals surface area contributed by atoms with Crippen molar-refractivity contribution in [2.24, 2.45) is 0 Å². The minimum Gasteiger partial charge on any atom is -0.481 e. The van der Waals surface area contributed by atoms with Gasteiger partial charge in [0.25, 0.3) is 0 Å². The van der Waals surface area contributed by atoms with Gasteiger partial charge in [-0.1, -0.05) is 0 Å². The lowest BCUT2D eigenvalue weighted by Crippen LogP contribution is -2.34. The standard InChI is InChI=1S/C11H15N3O3/c1-7(2)13-11(17)14-9-4-3-8(12-6-9)5-10(15)16/h3-4,6-7H,5H2,1-2H3,(H,15,16)(H2,13,14,17). The second kappa shape index (κ2) is 5.83. The molecule has 3 N–H and O–H groups in total. The zero-order chi connectivity index (χ0) is 12.8. The molecule has 2 amide bonds. The monoisotopic (exact) mass is 237 g/mol. The molecule has 0 unspecified atom stereocenters. The number of amides is 2. The zero-order valence-corrected chi connectivity index (χ0v) is 9.73. The molecule has 0 fully saturated rings. The van der Waals surface area contributed by atoms with E-state index in [9.17, 15) is 9.59 Å². The Morgan fingerprint density at radius 3 is 2.59 bits per heavy atom. The fraction of sp³-hybridized carbons (Fsp3) is 0.364. The Morgan fingerprint density at radius 1 is 1.41 bits per heavy atom. The third kappa shape index (κ3) is 4.96. The molecule has 0 atom stereocenters. The normalized spacial score (nSPS) is 10.1. The number of aliphatic carboxylic acids is 1. The Balaban J connectivity index is 2.56. The van der Waals surface area contributed by atoms with Crippen molar-refractivity contribution in [3.63, 3.8) is 0 Å². The third-order valence-electron chi connectivity index (χ3n) is 1.83. The molecule has 1 heterocycles. The van der Waals surface area contributed by atoms with Crippen LogP contribution in [0.15, 0.2) is 18.3 Å². The number of rotatable bonds is 4. The summed E-state index contributed by atoms with van der Waals surface area (Å²) in [5, 5.41) is 13.8. The van der Waals surface area contributed by atoms with Gasteiger partial charge in [-0.25, -0.2) is 4.79 Å². The average molecular weight is 237 g/mol. The molecule has 17 heavy (non-hydrogen) atoms. The lowest BCUT2D eigenvalue weighted by atomic mass is 10.2. The van der Waals surface area contributed by atoms with Crippen molar-refractivity contribution in [1.82, 2.24) is 10.3 Å². The summed E-state index contributed by atoms with van der Waals surface area (Å²) in [4.78, 5) is 25.7. The lowest BCUT2D eigenvalue weighted by Gasteiger charge is -2.09. The van der Waals surface area contributed by atoms with Crippen LogP contribution in [0.1, 0.15) is 19.5 Å². The van der Waals surface area contributed by atoms with Crippen molar-refractivity contribution >= 4 is 17.7 Å². The van der Waals surface area contributed by atoms with E-state index in [0.29, 0.717) is 11.4 Å². The number of hydrogen-bond donors (Lipinski definition) is 3. The fourth-order valence-electron chi connectivity index (χ4n) is 1.19. The number of nitrogens with one attached hydrogen (secondary N) is 2. The molecule has 0 saturated carbocycles. The van der Waals surface area contributed by atoms with Crippen LogP contribution in [0.5, 0.6) is 0 Å². The van der Waals surface area contributed by atoms with Crippen molar-refractivity contribution in [3.8, 4) is 0 Å². The second-order valence-corrected chi connectivity index (χ2v) is 3.86. The predicted molar refractivity (Wildman–Crippen MR) is 62.9 cm³/mol. The molecule has 1 rings (SSSR count). The van der Waals surface area contributed by atoms with Crippen LogP contribution in [0.2, 0.25) is 0 Å². The number of pyridine rings is 1. The van der Waals surface area contributed by atoms with Gasteiger partial charge in [-0.05, 0) is 26.0 Å². The minimum atomic E-state index is -0.934. The molecule has 0 aliphatic rings. The maximum Gasteiger partial charge on any atom is 0.319 e. The summed E-state index contributed by atoms with van der Waals surface area (Å²) in [7, 11) is 0. The Kier molecular flexibility index (Phi) is 4.45. The largest absolute Gasteiger partial charge is 0.481 e. The maximum absolute atomic E-state index is 11.3. The van der Waals surface area contributed by atoms with E-state index in [-0.39, 0.29) is 18.5 Å². The summed E-state index contributed by atoms with van der Waals surface area (Å²) in [6, 6.07) is 2.92. The Bertz CT molecular complexity index is 401. The number of urea groups is 1. The van der Waals surface area contributed by atoms with Gasteiger partial charge in [0.1, 0.15) is 0 Å². The first-order valence-corrected chi connectivity index (χ1v) is 5.21. The highest BCUT2D eigenvalue weighted by atomic mass is 16.4. The maximum atomic E-state index is 11.3. The van der Waals surface area contributed by atoms with E-state index in [1.54, 1.807) is 12.1 Å². The van der Waals surface area contributed by atoms with Crippen molar-refractivity contribution in [2.45, 2.75) is 26.3 Å². The summed E-state index contributed by atoms with van der Waals surface area (Å²) in [5.74, 6) is -0.934. The van der Waals surface area contributed by atoms with E-state index in [0.717, 1.165) is 0 Å². The summed E-state index contributed by atoms with van der Waals surface area (Å²) in [5.41, 5.74) is 0.976. The molecule has 6 heteroatoms. The predicted octanol–water partition coefficient (Wildman–Crippen LogP) is 1.24. The molecule has 0 aliphatic carbocycles. The summed E-state index contributed by atoms with van der Waals surface area (Å²) >= 11 is 0. The number of aromatic nitrogens is 1. The summed E-state index contributed by atoms with van der Waals surface area (Å²) < 4.78 is 0. The van der Waals surface area contributed by atoms with Crippen molar-refractivity contribution in [3.05, 3.63) is 24.0 Å². The summed E-state index contributed by atoms with van der Waals surface area (Å²) in [6.07, 6.45) is 1.30. The highest BCUT2D eigenvalue weighted by Gasteiger charge is 2.05. The van der Waals surface area contributed by atoms with Gasteiger partial charge in [0.05, 0.1) is 24.0 Å². The molecule has 1 aromatic heterocycles. The Morgan fingerprint density at radius 2 is 2.12 bits per heavy atom. The molecular formula is C11H15N3O3. The molecule has 1 aromatic rings. The molecule has 6 nitrogen and oxygen atoms in total. The van der Waals surface area contributed by atoms with Gasteiger partial charge in [0, 0.05) is 6.04 Å². The minimum absolute atomic E-state index is 0.0502. The average Bonchev–Trinajstić information content (AvgIpc) is 2.18. The van der Waals surface area contributed by atoms with Crippen LogP contribution in [0.3, 0.4) is 0 Å². The first kappa shape index (κ1) is 13.0. The molecule has 0 aliphatic heterocycles. The summed E-state index contributed by atoms with van der Waals surface area (Å²) in [6.45, 7) is 3.71. The van der Waals surface area contributed by atoms with Crippen LogP contribution < -0.4 is 10.6 Å². The van der Waals surface area contributed by atoms with Gasteiger partial charge in [0.15, 0.2) is 0 Å². The number of carboxylic acid groups (broad SMARTS) is 1. The van der Waals surface area contributed by atoms with E-state index in [2.05, 4.69) is 15.6 Å². The van der Waals surface area contributed by atoms with E-state index in [1.807, 2.05) is 13.8 Å². The molecule has 0 aromatic carbocycles. The fourth-order valence-corrected chi connectivity index (χ4v) is 1.19. The number of hydrogen-bond acceptors (Lipinski definition) is 3. The SMILES string of the molecule is CC(C)NC(=O)Nc1ccc(CC(=O)O)nc1. The topological polar surface area (TPSA) is 91.3 Å². The van der Waals surface area contributed by atoms with Crippen molar-refractivity contribution in [1.29, 1.82) is 0 Å². The molecule has 0 spiro atoms. The molecule has 0 saturated heterocycles. The van der Waals surface area contributed by atoms with Crippen LogP contribution in [-0.4, -0.2) is 28.1 Å². The van der Waals surface area contributed by atoms with Gasteiger partial charge >= 0.3 is 12.0 Å². The second-order valence-electron chi connectivity index (χ2n) is 3.86. The van der Waals surface area contributed by atoms with Crippen LogP contribution in [0.25, 0.3) is 0 Å². The van der Waals surface area contributed by atoms with Gasteiger partial charge in [-0.15, -0.1) is 0 Å². The van der Waals surface area contributed by atoms with Crippen LogP contribution >= 0.6 is 0 Å². The van der Waals surface area contributed by atoms with Crippen LogP contribution in [-0.2, 0) is 11.2 Å². The van der Waals surface area contributed by atoms with E-state index in [1.165, 1.54) is 6.20 Å². The smallest absolute Gasteiger partial charge is 0.319 e. The van der Waals surface area contributed by atoms with Crippen molar-refractivity contribution in [2.75, 3.05) is 5.32 Å². The van der Waals surface area contributed by atoms with Crippen LogP contribution in [0.4, 0.5) is 10.5 Å². The highest BCUT2D eigenvalue weighted by molar-refractivity contribution is 5.89. The first-order chi connectivity index (χ1) is 7.97.